The summed E-state index contributed by atoms with van der Waals surface area (Å²) in [4.78, 5) is 13.7. The molecule has 4 aromatic rings. The number of benzene rings is 3. The van der Waals surface area contributed by atoms with Gasteiger partial charge in [0.15, 0.2) is 6.10 Å². The molecule has 1 aromatic heterocycles. The van der Waals surface area contributed by atoms with Gasteiger partial charge >= 0.3 is 6.09 Å². The van der Waals surface area contributed by atoms with Gasteiger partial charge in [-0.05, 0) is 45.8 Å². The van der Waals surface area contributed by atoms with Crippen molar-refractivity contribution in [3.8, 4) is 0 Å². The van der Waals surface area contributed by atoms with E-state index in [1.54, 1.807) is 4.68 Å². The van der Waals surface area contributed by atoms with E-state index in [0.717, 1.165) is 15.7 Å². The number of rotatable bonds is 5. The van der Waals surface area contributed by atoms with Gasteiger partial charge in [0.1, 0.15) is 18.2 Å². The fourth-order valence-corrected chi connectivity index (χ4v) is 5.27. The summed E-state index contributed by atoms with van der Waals surface area (Å²) in [6.45, 7) is 0.617. The molecule has 34 heavy (non-hydrogen) atoms. The van der Waals surface area contributed by atoms with Crippen LogP contribution in [0.1, 0.15) is 6.04 Å². The van der Waals surface area contributed by atoms with Crippen molar-refractivity contribution in [1.82, 2.24) is 20.2 Å². The quantitative estimate of drug-likeness (QED) is 0.463. The predicted molar refractivity (Wildman–Crippen MR) is 125 cm³/mol. The first-order valence-corrected chi connectivity index (χ1v) is 11.8. The van der Waals surface area contributed by atoms with Crippen molar-refractivity contribution in [3.05, 3.63) is 72.8 Å². The van der Waals surface area contributed by atoms with Crippen LogP contribution in [0.25, 0.3) is 10.8 Å². The lowest BCUT2D eigenvalue weighted by atomic mass is 10.1. The summed E-state index contributed by atoms with van der Waals surface area (Å²) in [5, 5.41) is 17.7. The zero-order valence-electron chi connectivity index (χ0n) is 18.0. The van der Waals surface area contributed by atoms with E-state index >= 15 is 0 Å². The molecule has 1 amide bonds. The molecule has 2 fully saturated rings. The van der Waals surface area contributed by atoms with E-state index in [2.05, 4.69) is 20.8 Å². The number of nitrogens with zero attached hydrogens (tertiary/aromatic N) is 4. The molecule has 172 valence electrons. The fourth-order valence-electron chi connectivity index (χ4n) is 4.42. The maximum atomic E-state index is 12.7. The Hall–Kier alpha value is -3.47. The fraction of sp³-hybridized carbons (Fsp3) is 0.250. The average molecular weight is 476 g/mol. The van der Waals surface area contributed by atoms with Gasteiger partial charge < -0.3 is 14.2 Å². The van der Waals surface area contributed by atoms with E-state index in [4.69, 9.17) is 14.2 Å². The zero-order valence-corrected chi connectivity index (χ0v) is 18.8. The second kappa shape index (κ2) is 9.05. The van der Waals surface area contributed by atoms with Crippen LogP contribution in [0.3, 0.4) is 0 Å². The van der Waals surface area contributed by atoms with Crippen molar-refractivity contribution in [2.75, 3.05) is 18.5 Å². The van der Waals surface area contributed by atoms with Gasteiger partial charge in [0, 0.05) is 10.3 Å². The number of nitrogens with one attached hydrogen (secondary N) is 1. The minimum Gasteiger partial charge on any atom is -0.441 e. The Morgan fingerprint density at radius 3 is 2.68 bits per heavy atom. The monoisotopic (exact) mass is 475 g/mol. The molecule has 0 radical (unpaired) electrons. The van der Waals surface area contributed by atoms with Crippen molar-refractivity contribution in [3.63, 3.8) is 0 Å². The van der Waals surface area contributed by atoms with Gasteiger partial charge in [0.05, 0.1) is 18.9 Å². The summed E-state index contributed by atoms with van der Waals surface area (Å²) in [6.07, 6.45) is -1.76. The molecule has 0 aliphatic carbocycles. The predicted octanol–water partition coefficient (Wildman–Crippen LogP) is 3.93. The number of ether oxygens (including phenoxy) is 3. The van der Waals surface area contributed by atoms with E-state index in [-0.39, 0.29) is 24.9 Å². The third-order valence-electron chi connectivity index (χ3n) is 6.00. The topological polar surface area (TPSA) is 100 Å². The number of anilines is 1. The van der Waals surface area contributed by atoms with Crippen LogP contribution >= 0.6 is 11.8 Å². The Labute approximate surface area is 199 Å². The van der Waals surface area contributed by atoms with E-state index in [0.29, 0.717) is 17.5 Å². The number of carbonyl (C=O) groups excluding carboxylic acids is 1. The molecule has 10 heteroatoms. The first kappa shape index (κ1) is 21.1. The molecular formula is C24H21N5O4S. The lowest BCUT2D eigenvalue weighted by Crippen LogP contribution is -2.35. The van der Waals surface area contributed by atoms with Crippen LogP contribution in [-0.2, 0) is 14.2 Å². The maximum Gasteiger partial charge on any atom is 0.412 e. The second-order valence-electron chi connectivity index (χ2n) is 8.08. The molecule has 9 nitrogen and oxygen atoms in total. The van der Waals surface area contributed by atoms with Crippen molar-refractivity contribution in [1.29, 1.82) is 0 Å². The Balaban J connectivity index is 1.13. The van der Waals surface area contributed by atoms with Crippen LogP contribution in [0, 0.1) is 0 Å². The maximum absolute atomic E-state index is 12.7. The highest BCUT2D eigenvalue weighted by Gasteiger charge is 2.51. The molecule has 0 saturated carbocycles. The van der Waals surface area contributed by atoms with Gasteiger partial charge in [-0.2, -0.15) is 0 Å². The van der Waals surface area contributed by atoms with Gasteiger partial charge in [-0.1, -0.05) is 54.6 Å². The third kappa shape index (κ3) is 4.00. The minimum absolute atomic E-state index is 0.207. The molecule has 3 aromatic carbocycles. The van der Waals surface area contributed by atoms with Gasteiger partial charge in [-0.25, -0.2) is 9.48 Å². The number of hydrogen-bond donors (Lipinski definition) is 1. The second-order valence-corrected chi connectivity index (χ2v) is 9.12. The summed E-state index contributed by atoms with van der Waals surface area (Å²) in [5.74, 6) is 0. The highest BCUT2D eigenvalue weighted by molar-refractivity contribution is 7.99. The first-order valence-electron chi connectivity index (χ1n) is 11.0. The lowest BCUT2D eigenvalue weighted by Gasteiger charge is -2.18. The van der Waals surface area contributed by atoms with Crippen LogP contribution in [0.5, 0.6) is 0 Å². The van der Waals surface area contributed by atoms with Crippen LogP contribution < -0.4 is 5.32 Å². The first-order chi connectivity index (χ1) is 16.8. The summed E-state index contributed by atoms with van der Waals surface area (Å²) >= 11 is 1.48. The standard InChI is InChI=1S/C24H21N5O4S/c30-24(25-18-12-6-8-15-7-4-5-11-17(15)18)33-20-14-32-21-19(13-31-22(20)21)29-23(26-27-28-29)34-16-9-2-1-3-10-16/h1-12,19-22H,13-14H2,(H,25,30)/t19-,20-,21-,22+/m1/s1. The summed E-state index contributed by atoms with van der Waals surface area (Å²) in [7, 11) is 0. The van der Waals surface area contributed by atoms with E-state index in [1.165, 1.54) is 11.8 Å². The SMILES string of the molecule is O=C(Nc1cccc2ccccc12)O[C@@H]1CO[C@H]2[C@H]1OC[C@H]2n1nnnc1Sc1ccccc1. The molecule has 2 aliphatic rings. The van der Waals surface area contributed by atoms with Crippen LogP contribution in [0.4, 0.5) is 10.5 Å². The highest BCUT2D eigenvalue weighted by atomic mass is 32.2. The molecule has 0 unspecified atom stereocenters. The number of fused-ring (bicyclic) bond motifs is 2. The van der Waals surface area contributed by atoms with E-state index in [9.17, 15) is 4.79 Å². The van der Waals surface area contributed by atoms with Gasteiger partial charge in [-0.3, -0.25) is 5.32 Å². The largest absolute Gasteiger partial charge is 0.441 e. The van der Waals surface area contributed by atoms with E-state index in [1.807, 2.05) is 72.8 Å². The lowest BCUT2D eigenvalue weighted by molar-refractivity contribution is 0.00752. The molecule has 0 bridgehead atoms. The average Bonchev–Trinajstić information content (AvgIpc) is 3.58. The molecule has 2 aliphatic heterocycles. The molecule has 0 spiro atoms. The summed E-state index contributed by atoms with van der Waals surface area (Å²) < 4.78 is 19.4. The molecule has 4 atom stereocenters. The number of carbonyl (C=O) groups is 1. The Kier molecular flexibility index (Phi) is 5.61. The smallest absolute Gasteiger partial charge is 0.412 e. The van der Waals surface area contributed by atoms with E-state index < -0.39 is 12.2 Å². The zero-order chi connectivity index (χ0) is 22.9. The summed E-state index contributed by atoms with van der Waals surface area (Å²) in [6, 6.07) is 23.3. The van der Waals surface area contributed by atoms with Crippen molar-refractivity contribution < 1.29 is 19.0 Å². The third-order valence-corrected chi connectivity index (χ3v) is 6.95. The highest BCUT2D eigenvalue weighted by Crippen LogP contribution is 2.37. The van der Waals surface area contributed by atoms with Gasteiger partial charge in [0.2, 0.25) is 5.16 Å². The molecular weight excluding hydrogens is 454 g/mol. The Bertz CT molecular complexity index is 1310. The van der Waals surface area contributed by atoms with Crippen LogP contribution in [-0.4, -0.2) is 57.8 Å². The normalized spacial score (nSPS) is 23.6. The molecule has 1 N–H and O–H groups in total. The van der Waals surface area contributed by atoms with Crippen LogP contribution in [0.15, 0.2) is 82.8 Å². The van der Waals surface area contributed by atoms with Crippen molar-refractivity contribution in [2.45, 2.75) is 34.4 Å². The molecule has 6 rings (SSSR count). The molecule has 3 heterocycles. The number of aromatic nitrogens is 4. The summed E-state index contributed by atoms with van der Waals surface area (Å²) in [5.41, 5.74) is 0.694. The van der Waals surface area contributed by atoms with Gasteiger partial charge in [-0.15, -0.1) is 5.10 Å². The van der Waals surface area contributed by atoms with Crippen molar-refractivity contribution >= 4 is 34.3 Å². The van der Waals surface area contributed by atoms with Crippen LogP contribution in [0.2, 0.25) is 0 Å². The number of amides is 1. The molecule has 2 saturated heterocycles. The number of tetrazole rings is 1. The Morgan fingerprint density at radius 2 is 1.76 bits per heavy atom. The number of hydrogen-bond acceptors (Lipinski definition) is 8. The van der Waals surface area contributed by atoms with Crippen molar-refractivity contribution in [2.24, 2.45) is 0 Å². The minimum atomic E-state index is -0.541. The Morgan fingerprint density at radius 1 is 0.971 bits per heavy atom. The van der Waals surface area contributed by atoms with Gasteiger partial charge in [0.25, 0.3) is 0 Å².